The van der Waals surface area contributed by atoms with Gasteiger partial charge in [0, 0.05) is 26.2 Å². The Morgan fingerprint density at radius 1 is 1.19 bits per heavy atom. The molecule has 0 atom stereocenters. The number of nitrogens with two attached hydrogens (primary N) is 1. The Hall–Kier alpha value is -1.56. The number of hydrogen-bond acceptors (Lipinski definition) is 6. The van der Waals surface area contributed by atoms with E-state index in [0.29, 0.717) is 36.5 Å². The van der Waals surface area contributed by atoms with Gasteiger partial charge in [0.05, 0.1) is 6.61 Å². The van der Waals surface area contributed by atoms with Crippen LogP contribution in [0.1, 0.15) is 45.9 Å². The van der Waals surface area contributed by atoms with E-state index in [-0.39, 0.29) is 5.92 Å². The maximum Gasteiger partial charge on any atom is 0.242 e. The van der Waals surface area contributed by atoms with Crippen LogP contribution in [0.3, 0.4) is 0 Å². The molecule has 0 aliphatic rings. The van der Waals surface area contributed by atoms with Crippen molar-refractivity contribution >= 4 is 11.5 Å². The number of nitrogens with zero attached hydrogens (tertiary/aromatic N) is 2. The highest BCUT2D eigenvalue weighted by Crippen LogP contribution is 2.28. The van der Waals surface area contributed by atoms with Crippen LogP contribution in [-0.4, -0.2) is 36.8 Å². The third kappa shape index (κ3) is 5.75. The van der Waals surface area contributed by atoms with Gasteiger partial charge in [-0.25, -0.2) is 4.98 Å². The van der Waals surface area contributed by atoms with Crippen LogP contribution in [0, 0.1) is 5.92 Å². The Kier molecular flexibility index (Phi) is 7.22. The van der Waals surface area contributed by atoms with Gasteiger partial charge in [0.2, 0.25) is 5.88 Å². The molecular formula is C15H28N4O2. The Labute approximate surface area is 127 Å². The van der Waals surface area contributed by atoms with Gasteiger partial charge in [0.25, 0.3) is 0 Å². The molecule has 0 saturated carbocycles. The summed E-state index contributed by atoms with van der Waals surface area (Å²) in [6.07, 6.45) is 0.888. The predicted octanol–water partition coefficient (Wildman–Crippen LogP) is 2.67. The number of nitrogen functional groups attached to an aromatic ring is 1. The predicted molar refractivity (Wildman–Crippen MR) is 85.8 cm³/mol. The number of rotatable bonds is 9. The molecule has 6 heteroatoms. The van der Waals surface area contributed by atoms with Crippen LogP contribution >= 0.6 is 0 Å². The molecule has 120 valence electrons. The second-order valence-electron chi connectivity index (χ2n) is 5.78. The minimum Gasteiger partial charge on any atom is -0.476 e. The smallest absolute Gasteiger partial charge is 0.242 e. The summed E-state index contributed by atoms with van der Waals surface area (Å²) >= 11 is 0. The summed E-state index contributed by atoms with van der Waals surface area (Å²) in [7, 11) is 1.69. The van der Waals surface area contributed by atoms with E-state index >= 15 is 0 Å². The van der Waals surface area contributed by atoms with Gasteiger partial charge in [-0.3, -0.25) is 0 Å². The summed E-state index contributed by atoms with van der Waals surface area (Å²) in [5, 5.41) is 3.23. The van der Waals surface area contributed by atoms with Crippen molar-refractivity contribution < 1.29 is 9.47 Å². The van der Waals surface area contributed by atoms with Crippen LogP contribution in [0.4, 0.5) is 11.5 Å². The SMILES string of the molecule is COCCCNc1nc(C(C)C)nc(OCC(C)C)c1N. The van der Waals surface area contributed by atoms with Gasteiger partial charge in [-0.05, 0) is 12.3 Å². The molecule has 0 fully saturated rings. The highest BCUT2D eigenvalue weighted by molar-refractivity contribution is 5.67. The number of nitrogens with one attached hydrogen (secondary N) is 1. The standard InChI is InChI=1S/C15H28N4O2/c1-10(2)9-21-15-12(16)14(17-7-6-8-20-5)18-13(19-15)11(3)4/h10-11H,6-9,16H2,1-5H3,(H,17,18,19). The minimum atomic E-state index is 0.214. The van der Waals surface area contributed by atoms with Gasteiger partial charge in [0.1, 0.15) is 11.5 Å². The summed E-state index contributed by atoms with van der Waals surface area (Å²) < 4.78 is 10.7. The van der Waals surface area contributed by atoms with E-state index in [1.807, 2.05) is 13.8 Å². The van der Waals surface area contributed by atoms with Crippen molar-refractivity contribution in [1.29, 1.82) is 0 Å². The molecule has 1 aromatic heterocycles. The lowest BCUT2D eigenvalue weighted by Crippen LogP contribution is -2.14. The lowest BCUT2D eigenvalue weighted by Gasteiger charge is -2.16. The average molecular weight is 296 g/mol. The number of anilines is 2. The van der Waals surface area contributed by atoms with Gasteiger partial charge >= 0.3 is 0 Å². The van der Waals surface area contributed by atoms with Crippen molar-refractivity contribution in [3.8, 4) is 5.88 Å². The van der Waals surface area contributed by atoms with Crippen LogP contribution in [-0.2, 0) is 4.74 Å². The van der Waals surface area contributed by atoms with Gasteiger partial charge in [-0.1, -0.05) is 27.7 Å². The number of ether oxygens (including phenoxy) is 2. The number of hydrogen-bond donors (Lipinski definition) is 2. The Morgan fingerprint density at radius 2 is 1.90 bits per heavy atom. The highest BCUT2D eigenvalue weighted by atomic mass is 16.5. The molecule has 0 amide bonds. The Balaban J connectivity index is 2.88. The first-order valence-electron chi connectivity index (χ1n) is 7.48. The third-order valence-electron chi connectivity index (χ3n) is 2.82. The fraction of sp³-hybridized carbons (Fsp3) is 0.733. The first kappa shape index (κ1) is 17.5. The fourth-order valence-corrected chi connectivity index (χ4v) is 1.64. The number of methoxy groups -OCH3 is 1. The molecule has 21 heavy (non-hydrogen) atoms. The molecule has 0 spiro atoms. The molecule has 6 nitrogen and oxygen atoms in total. The zero-order valence-electron chi connectivity index (χ0n) is 13.8. The second-order valence-corrected chi connectivity index (χ2v) is 5.78. The van der Waals surface area contributed by atoms with Crippen molar-refractivity contribution in [2.75, 3.05) is 37.9 Å². The molecule has 1 aromatic rings. The molecule has 0 bridgehead atoms. The highest BCUT2D eigenvalue weighted by Gasteiger charge is 2.15. The molecule has 1 heterocycles. The summed E-state index contributed by atoms with van der Waals surface area (Å²) in [5.74, 6) is 2.48. The molecule has 0 aliphatic carbocycles. The summed E-state index contributed by atoms with van der Waals surface area (Å²) in [4.78, 5) is 8.91. The lowest BCUT2D eigenvalue weighted by atomic mass is 10.2. The molecular weight excluding hydrogens is 268 g/mol. The monoisotopic (exact) mass is 296 g/mol. The van der Waals surface area contributed by atoms with E-state index in [1.165, 1.54) is 0 Å². The molecule has 3 N–H and O–H groups in total. The van der Waals surface area contributed by atoms with Crippen molar-refractivity contribution in [2.24, 2.45) is 5.92 Å². The van der Waals surface area contributed by atoms with Gasteiger partial charge in [-0.2, -0.15) is 4.98 Å². The summed E-state index contributed by atoms with van der Waals surface area (Å²) in [5.41, 5.74) is 6.58. The maximum atomic E-state index is 6.11. The summed E-state index contributed by atoms with van der Waals surface area (Å²) in [6.45, 7) is 10.3. The number of aromatic nitrogens is 2. The molecule has 0 aliphatic heterocycles. The van der Waals surface area contributed by atoms with Crippen molar-refractivity contribution in [2.45, 2.75) is 40.0 Å². The molecule has 0 saturated heterocycles. The maximum absolute atomic E-state index is 6.11. The van der Waals surface area contributed by atoms with Crippen LogP contribution in [0.5, 0.6) is 5.88 Å². The van der Waals surface area contributed by atoms with E-state index in [1.54, 1.807) is 7.11 Å². The quantitative estimate of drug-likeness (QED) is 0.682. The first-order chi connectivity index (χ1) is 9.95. The molecule has 0 aromatic carbocycles. The van der Waals surface area contributed by atoms with Gasteiger partial charge < -0.3 is 20.5 Å². The zero-order chi connectivity index (χ0) is 15.8. The normalized spacial score (nSPS) is 11.2. The Bertz CT molecular complexity index is 436. The average Bonchev–Trinajstić information content (AvgIpc) is 2.43. The zero-order valence-corrected chi connectivity index (χ0v) is 13.8. The third-order valence-corrected chi connectivity index (χ3v) is 2.82. The van der Waals surface area contributed by atoms with Crippen molar-refractivity contribution in [1.82, 2.24) is 9.97 Å². The van der Waals surface area contributed by atoms with E-state index in [0.717, 1.165) is 18.8 Å². The molecule has 0 radical (unpaired) electrons. The van der Waals surface area contributed by atoms with E-state index < -0.39 is 0 Å². The largest absolute Gasteiger partial charge is 0.476 e. The van der Waals surface area contributed by atoms with E-state index in [2.05, 4.69) is 29.1 Å². The van der Waals surface area contributed by atoms with Crippen LogP contribution in [0.2, 0.25) is 0 Å². The molecule has 1 rings (SSSR count). The minimum absolute atomic E-state index is 0.214. The van der Waals surface area contributed by atoms with Crippen LogP contribution < -0.4 is 15.8 Å². The Morgan fingerprint density at radius 3 is 2.48 bits per heavy atom. The van der Waals surface area contributed by atoms with E-state index in [4.69, 9.17) is 15.2 Å². The molecule has 0 unspecified atom stereocenters. The lowest BCUT2D eigenvalue weighted by molar-refractivity contribution is 0.197. The van der Waals surface area contributed by atoms with Gasteiger partial charge in [0.15, 0.2) is 5.82 Å². The van der Waals surface area contributed by atoms with Gasteiger partial charge in [-0.15, -0.1) is 0 Å². The fourth-order valence-electron chi connectivity index (χ4n) is 1.64. The van der Waals surface area contributed by atoms with Crippen LogP contribution in [0.15, 0.2) is 0 Å². The van der Waals surface area contributed by atoms with Crippen LogP contribution in [0.25, 0.3) is 0 Å². The second kappa shape index (κ2) is 8.67. The van der Waals surface area contributed by atoms with Crippen molar-refractivity contribution in [3.63, 3.8) is 0 Å². The first-order valence-corrected chi connectivity index (χ1v) is 7.48. The summed E-state index contributed by atoms with van der Waals surface area (Å²) in [6, 6.07) is 0. The van der Waals surface area contributed by atoms with Crippen molar-refractivity contribution in [3.05, 3.63) is 5.82 Å². The topological polar surface area (TPSA) is 82.3 Å². The van der Waals surface area contributed by atoms with E-state index in [9.17, 15) is 0 Å².